The molecule has 0 N–H and O–H groups in total. The summed E-state index contributed by atoms with van der Waals surface area (Å²) in [5, 5.41) is 0. The van der Waals surface area contributed by atoms with E-state index in [0.29, 0.717) is 6.92 Å². The van der Waals surface area contributed by atoms with Gasteiger partial charge in [-0.15, -0.1) is 0 Å². The van der Waals surface area contributed by atoms with Crippen molar-refractivity contribution in [1.29, 1.82) is 0 Å². The zero-order valence-electron chi connectivity index (χ0n) is 4.98. The molecule has 1 atom stereocenters. The quantitative estimate of drug-likeness (QED) is 0.416. The Morgan fingerprint density at radius 1 is 1.71 bits per heavy atom. The molecule has 40 valence electrons. The molecule has 0 aromatic rings. The summed E-state index contributed by atoms with van der Waals surface area (Å²) in [6, 6.07) is 0. The minimum Gasteiger partial charge on any atom is -0.436 e. The first-order valence-electron chi connectivity index (χ1n) is 2.92. The molecule has 2 heteroatoms. The molecule has 1 aliphatic heterocycles. The molecule has 1 unspecified atom stereocenters. The molecule has 0 saturated carbocycles. The fourth-order valence-electron chi connectivity index (χ4n) is 0.839. The molecule has 7 heavy (non-hydrogen) atoms. The first kappa shape index (κ1) is 5.17. The number of hydrogen-bond acceptors (Lipinski definition) is 1. The lowest BCUT2D eigenvalue weighted by Crippen LogP contribution is -2.07. The van der Waals surface area contributed by atoms with Crippen molar-refractivity contribution in [2.24, 2.45) is 0 Å². The molecule has 0 amide bonds. The third-order valence-electron chi connectivity index (χ3n) is 1.76. The van der Waals surface area contributed by atoms with Crippen molar-refractivity contribution in [1.82, 2.24) is 0 Å². The number of hydrogen-bond donors (Lipinski definition) is 0. The Labute approximate surface area is 45.2 Å². The topological polar surface area (TPSA) is 9.23 Å². The van der Waals surface area contributed by atoms with E-state index in [1.54, 1.807) is 0 Å². The molecule has 0 radical (unpaired) electrons. The molecule has 0 spiro atoms. The van der Waals surface area contributed by atoms with Crippen molar-refractivity contribution < 1.29 is 4.65 Å². The lowest BCUT2D eigenvalue weighted by atomic mass is 9.60. The molecule has 1 rings (SSSR count). The highest BCUT2D eigenvalue weighted by molar-refractivity contribution is 6.52. The van der Waals surface area contributed by atoms with Crippen LogP contribution >= 0.6 is 0 Å². The smallest absolute Gasteiger partial charge is 0.292 e. The molecule has 1 heterocycles. The standard InChI is InChI=1S/C5H11BO/c1-5-3-4-7-6(5)2/h5H,3-4H2,1-2H3. The van der Waals surface area contributed by atoms with Gasteiger partial charge in [0.25, 0.3) is 6.92 Å². The van der Waals surface area contributed by atoms with Crippen LogP contribution in [-0.4, -0.2) is 13.5 Å². The summed E-state index contributed by atoms with van der Waals surface area (Å²) in [4.78, 5) is 0. The van der Waals surface area contributed by atoms with Gasteiger partial charge in [0.1, 0.15) is 0 Å². The van der Waals surface area contributed by atoms with Gasteiger partial charge in [-0.05, 0) is 12.2 Å². The maximum atomic E-state index is 5.27. The summed E-state index contributed by atoms with van der Waals surface area (Å²) >= 11 is 0. The van der Waals surface area contributed by atoms with Gasteiger partial charge < -0.3 is 4.65 Å². The van der Waals surface area contributed by atoms with Gasteiger partial charge in [-0.2, -0.15) is 0 Å². The van der Waals surface area contributed by atoms with Crippen molar-refractivity contribution >= 4 is 6.92 Å². The van der Waals surface area contributed by atoms with E-state index in [0.717, 1.165) is 12.4 Å². The van der Waals surface area contributed by atoms with Crippen LogP contribution in [0.3, 0.4) is 0 Å². The Kier molecular flexibility index (Phi) is 1.38. The molecule has 0 aromatic heterocycles. The molecular formula is C5H11BO. The van der Waals surface area contributed by atoms with Gasteiger partial charge in [-0.25, -0.2) is 0 Å². The molecular weight excluding hydrogens is 86.9 g/mol. The minimum absolute atomic E-state index is 0.514. The first-order chi connectivity index (χ1) is 3.30. The van der Waals surface area contributed by atoms with E-state index >= 15 is 0 Å². The zero-order valence-corrected chi connectivity index (χ0v) is 4.98. The summed E-state index contributed by atoms with van der Waals surface area (Å²) in [7, 11) is 0. The maximum absolute atomic E-state index is 5.27. The fraction of sp³-hybridized carbons (Fsp3) is 1.00. The lowest BCUT2D eigenvalue weighted by Gasteiger charge is -1.98. The van der Waals surface area contributed by atoms with Gasteiger partial charge in [0.15, 0.2) is 0 Å². The van der Waals surface area contributed by atoms with Gasteiger partial charge in [0.2, 0.25) is 0 Å². The van der Waals surface area contributed by atoms with Crippen LogP contribution in [0.15, 0.2) is 0 Å². The molecule has 0 aromatic carbocycles. The molecule has 1 nitrogen and oxygen atoms in total. The van der Waals surface area contributed by atoms with E-state index in [9.17, 15) is 0 Å². The highest BCUT2D eigenvalue weighted by Gasteiger charge is 2.23. The first-order valence-corrected chi connectivity index (χ1v) is 2.92. The summed E-state index contributed by atoms with van der Waals surface area (Å²) in [5.74, 6) is 0.792. The molecule has 1 fully saturated rings. The Balaban J connectivity index is 2.33. The van der Waals surface area contributed by atoms with Crippen LogP contribution in [0.4, 0.5) is 0 Å². The predicted molar refractivity (Wildman–Crippen MR) is 31.6 cm³/mol. The van der Waals surface area contributed by atoms with Gasteiger partial charge in [-0.3, -0.25) is 0 Å². The normalized spacial score (nSPS) is 31.7. The Bertz CT molecular complexity index is 57.1. The highest BCUT2D eigenvalue weighted by atomic mass is 16.4. The second kappa shape index (κ2) is 1.87. The second-order valence-electron chi connectivity index (χ2n) is 2.34. The Morgan fingerprint density at radius 2 is 2.43 bits per heavy atom. The van der Waals surface area contributed by atoms with Crippen LogP contribution in [-0.2, 0) is 4.65 Å². The van der Waals surface area contributed by atoms with Crippen LogP contribution in [0.5, 0.6) is 0 Å². The van der Waals surface area contributed by atoms with Crippen molar-refractivity contribution in [2.75, 3.05) is 6.61 Å². The second-order valence-corrected chi connectivity index (χ2v) is 2.34. The largest absolute Gasteiger partial charge is 0.436 e. The van der Waals surface area contributed by atoms with E-state index < -0.39 is 0 Å². The van der Waals surface area contributed by atoms with Gasteiger partial charge >= 0.3 is 0 Å². The monoisotopic (exact) mass is 98.1 g/mol. The van der Waals surface area contributed by atoms with Crippen LogP contribution < -0.4 is 0 Å². The third kappa shape index (κ3) is 0.971. The van der Waals surface area contributed by atoms with E-state index in [1.807, 2.05) is 0 Å². The van der Waals surface area contributed by atoms with E-state index in [1.165, 1.54) is 6.42 Å². The summed E-state index contributed by atoms with van der Waals surface area (Å²) in [5.41, 5.74) is 0. The van der Waals surface area contributed by atoms with Crippen LogP contribution in [0.1, 0.15) is 13.3 Å². The maximum Gasteiger partial charge on any atom is 0.292 e. The Morgan fingerprint density at radius 3 is 2.57 bits per heavy atom. The van der Waals surface area contributed by atoms with E-state index in [-0.39, 0.29) is 0 Å². The van der Waals surface area contributed by atoms with E-state index in [2.05, 4.69) is 13.7 Å². The highest BCUT2D eigenvalue weighted by Crippen LogP contribution is 2.21. The van der Waals surface area contributed by atoms with Crippen LogP contribution in [0.2, 0.25) is 12.6 Å². The fourth-order valence-corrected chi connectivity index (χ4v) is 0.839. The Hall–Kier alpha value is 0.0249. The molecule has 1 aliphatic rings. The van der Waals surface area contributed by atoms with Crippen LogP contribution in [0.25, 0.3) is 0 Å². The summed E-state index contributed by atoms with van der Waals surface area (Å²) in [6.45, 7) is 5.86. The predicted octanol–water partition coefficient (Wildman–Crippen LogP) is 1.42. The van der Waals surface area contributed by atoms with Crippen molar-refractivity contribution in [2.45, 2.75) is 26.0 Å². The average Bonchev–Trinajstić information content (AvgIpc) is 1.91. The van der Waals surface area contributed by atoms with Crippen molar-refractivity contribution in [3.63, 3.8) is 0 Å². The third-order valence-corrected chi connectivity index (χ3v) is 1.76. The van der Waals surface area contributed by atoms with Gasteiger partial charge in [0.05, 0.1) is 0 Å². The summed E-state index contributed by atoms with van der Waals surface area (Å²) in [6.07, 6.45) is 1.25. The summed E-state index contributed by atoms with van der Waals surface area (Å²) < 4.78 is 5.27. The van der Waals surface area contributed by atoms with Gasteiger partial charge in [0, 0.05) is 6.61 Å². The van der Waals surface area contributed by atoms with Crippen molar-refractivity contribution in [3.8, 4) is 0 Å². The zero-order chi connectivity index (χ0) is 5.28. The molecule has 1 saturated heterocycles. The van der Waals surface area contributed by atoms with E-state index in [4.69, 9.17) is 4.65 Å². The SMILES string of the molecule is CB1OCCC1C. The van der Waals surface area contributed by atoms with Crippen molar-refractivity contribution in [3.05, 3.63) is 0 Å². The minimum atomic E-state index is 0.514. The average molecular weight is 98.0 g/mol. The number of rotatable bonds is 0. The molecule has 0 bridgehead atoms. The van der Waals surface area contributed by atoms with Crippen LogP contribution in [0, 0.1) is 0 Å². The molecule has 0 aliphatic carbocycles. The van der Waals surface area contributed by atoms with Gasteiger partial charge in [-0.1, -0.05) is 13.7 Å². The lowest BCUT2D eigenvalue weighted by molar-refractivity contribution is 0.363.